The van der Waals surface area contributed by atoms with Crippen LogP contribution in [0.4, 0.5) is 14.9 Å². The van der Waals surface area contributed by atoms with Gasteiger partial charge in [0.05, 0.1) is 6.54 Å². The van der Waals surface area contributed by atoms with Crippen molar-refractivity contribution in [3.63, 3.8) is 0 Å². The van der Waals surface area contributed by atoms with Crippen molar-refractivity contribution in [2.75, 3.05) is 11.9 Å². The summed E-state index contributed by atoms with van der Waals surface area (Å²) in [4.78, 5) is 14.6. The molecule has 0 saturated carbocycles. The topological polar surface area (TPSA) is 107 Å². The molecule has 0 aliphatic carbocycles. The lowest BCUT2D eigenvalue weighted by Crippen LogP contribution is -2.20. The Hall–Kier alpha value is -3.13. The second-order valence-corrected chi connectivity index (χ2v) is 4.86. The summed E-state index contributed by atoms with van der Waals surface area (Å²) in [6.07, 6.45) is 0.199. The van der Waals surface area contributed by atoms with E-state index in [1.165, 1.54) is 36.5 Å². The highest BCUT2D eigenvalue weighted by Gasteiger charge is 2.16. The molecule has 1 aromatic carbocycles. The number of pyridine rings is 1. The van der Waals surface area contributed by atoms with Crippen molar-refractivity contribution in [2.45, 2.75) is 6.10 Å². The molecule has 0 fully saturated rings. The van der Waals surface area contributed by atoms with Crippen molar-refractivity contribution in [3.05, 3.63) is 71.6 Å². The van der Waals surface area contributed by atoms with Crippen molar-refractivity contribution in [2.24, 2.45) is 4.99 Å². The van der Waals surface area contributed by atoms with E-state index < -0.39 is 18.0 Å². The van der Waals surface area contributed by atoms with Crippen LogP contribution >= 0.6 is 0 Å². The summed E-state index contributed by atoms with van der Waals surface area (Å²) in [6.45, 7) is 3.79. The van der Waals surface area contributed by atoms with Crippen LogP contribution in [0.15, 0.2) is 54.2 Å². The van der Waals surface area contributed by atoms with Crippen LogP contribution in [0, 0.1) is 5.82 Å². The van der Waals surface area contributed by atoms with Crippen LogP contribution < -0.4 is 10.8 Å². The molecular formula is C16H16FN3O4. The number of carboxylic acid groups (broad SMARTS) is 1. The molecule has 0 aliphatic rings. The van der Waals surface area contributed by atoms with Crippen LogP contribution in [0.2, 0.25) is 0 Å². The van der Waals surface area contributed by atoms with Crippen LogP contribution in [0.1, 0.15) is 17.2 Å². The maximum atomic E-state index is 14.1. The standard InChI is InChI=1S/C16H16FN3O4/c1-2-6-18-14-8-10(5-7-20(14)24)15(21)12-4-3-11(9-13(12)17)19-16(22)23/h2-5,7-9,15,19,21,24H,1,6H2,(H,22,23). The van der Waals surface area contributed by atoms with Gasteiger partial charge in [0.2, 0.25) is 0 Å². The highest BCUT2D eigenvalue weighted by Crippen LogP contribution is 2.25. The fourth-order valence-electron chi connectivity index (χ4n) is 2.07. The molecule has 2 aromatic rings. The molecule has 1 unspecified atom stereocenters. The SMILES string of the molecule is C=CCN=c1cc(C(O)c2ccc(NC(=O)O)cc2F)ccn1O. The number of hydrogen-bond acceptors (Lipinski definition) is 4. The number of aromatic nitrogens is 1. The Morgan fingerprint density at radius 3 is 2.79 bits per heavy atom. The fourth-order valence-corrected chi connectivity index (χ4v) is 2.07. The Morgan fingerprint density at radius 1 is 1.42 bits per heavy atom. The number of halogens is 1. The zero-order valence-corrected chi connectivity index (χ0v) is 12.6. The van der Waals surface area contributed by atoms with Gasteiger partial charge in [0.1, 0.15) is 11.9 Å². The van der Waals surface area contributed by atoms with Crippen LogP contribution in [-0.4, -0.2) is 32.8 Å². The molecule has 1 aromatic heterocycles. The largest absolute Gasteiger partial charge is 0.465 e. The molecule has 0 aliphatic heterocycles. The Bertz CT molecular complexity index is 832. The van der Waals surface area contributed by atoms with Gasteiger partial charge in [0, 0.05) is 17.4 Å². The lowest BCUT2D eigenvalue weighted by molar-refractivity contribution is 0.169. The Labute approximate surface area is 136 Å². The van der Waals surface area contributed by atoms with Gasteiger partial charge >= 0.3 is 6.09 Å². The van der Waals surface area contributed by atoms with Crippen molar-refractivity contribution in [3.8, 4) is 0 Å². The quantitative estimate of drug-likeness (QED) is 0.496. The lowest BCUT2D eigenvalue weighted by atomic mass is 10.0. The van der Waals surface area contributed by atoms with E-state index in [1.54, 1.807) is 0 Å². The van der Waals surface area contributed by atoms with Gasteiger partial charge in [-0.2, -0.15) is 4.73 Å². The van der Waals surface area contributed by atoms with Gasteiger partial charge in [0.25, 0.3) is 0 Å². The minimum Gasteiger partial charge on any atom is -0.465 e. The summed E-state index contributed by atoms with van der Waals surface area (Å²) in [6, 6.07) is 6.43. The van der Waals surface area contributed by atoms with E-state index in [1.807, 2.05) is 5.32 Å². The van der Waals surface area contributed by atoms with E-state index in [2.05, 4.69) is 11.6 Å². The first-order valence-electron chi connectivity index (χ1n) is 6.93. The number of amides is 1. The number of carbonyl (C=O) groups is 1. The van der Waals surface area contributed by atoms with Gasteiger partial charge in [-0.15, -0.1) is 6.58 Å². The lowest BCUT2D eigenvalue weighted by Gasteiger charge is -2.14. The minimum atomic E-state index is -1.31. The average Bonchev–Trinajstić information content (AvgIpc) is 2.53. The highest BCUT2D eigenvalue weighted by atomic mass is 19.1. The van der Waals surface area contributed by atoms with Crippen molar-refractivity contribution < 1.29 is 24.6 Å². The smallest absolute Gasteiger partial charge is 0.409 e. The van der Waals surface area contributed by atoms with E-state index in [4.69, 9.17) is 5.11 Å². The third kappa shape index (κ3) is 3.99. The number of nitrogens with zero attached hydrogens (tertiary/aromatic N) is 2. The summed E-state index contributed by atoms with van der Waals surface area (Å²) >= 11 is 0. The van der Waals surface area contributed by atoms with Gasteiger partial charge in [0.15, 0.2) is 5.49 Å². The maximum absolute atomic E-state index is 14.1. The minimum absolute atomic E-state index is 0.0312. The molecule has 0 saturated heterocycles. The van der Waals surface area contributed by atoms with Crippen molar-refractivity contribution >= 4 is 11.8 Å². The number of benzene rings is 1. The molecule has 8 heteroatoms. The Kier molecular flexibility index (Phi) is 5.33. The summed E-state index contributed by atoms with van der Waals surface area (Å²) in [5, 5.41) is 30.7. The number of aliphatic hydroxyl groups is 1. The molecular weight excluding hydrogens is 317 g/mol. The molecule has 0 bridgehead atoms. The molecule has 0 radical (unpaired) electrons. The molecule has 0 spiro atoms. The zero-order chi connectivity index (χ0) is 17.7. The van der Waals surface area contributed by atoms with Crippen LogP contribution in [0.5, 0.6) is 0 Å². The maximum Gasteiger partial charge on any atom is 0.409 e. The molecule has 126 valence electrons. The first-order chi connectivity index (χ1) is 11.4. The second kappa shape index (κ2) is 7.42. The van der Waals surface area contributed by atoms with Crippen LogP contribution in [0.25, 0.3) is 0 Å². The zero-order valence-electron chi connectivity index (χ0n) is 12.6. The molecule has 1 amide bonds. The van der Waals surface area contributed by atoms with Gasteiger partial charge < -0.3 is 15.4 Å². The Morgan fingerprint density at radius 2 is 2.17 bits per heavy atom. The third-order valence-electron chi connectivity index (χ3n) is 3.18. The molecule has 7 nitrogen and oxygen atoms in total. The van der Waals surface area contributed by atoms with E-state index in [0.717, 1.165) is 10.8 Å². The van der Waals surface area contributed by atoms with Crippen molar-refractivity contribution in [1.29, 1.82) is 0 Å². The van der Waals surface area contributed by atoms with Crippen molar-refractivity contribution in [1.82, 2.24) is 4.73 Å². The Balaban J connectivity index is 2.36. The fraction of sp³-hybridized carbons (Fsp3) is 0.125. The molecule has 1 atom stereocenters. The van der Waals surface area contributed by atoms with Crippen LogP contribution in [-0.2, 0) is 0 Å². The first-order valence-corrected chi connectivity index (χ1v) is 6.93. The average molecular weight is 333 g/mol. The number of nitrogens with one attached hydrogen (secondary N) is 1. The van der Waals surface area contributed by atoms with Gasteiger partial charge in [-0.1, -0.05) is 12.1 Å². The third-order valence-corrected chi connectivity index (χ3v) is 3.18. The predicted octanol–water partition coefficient (Wildman–Crippen LogP) is 2.12. The normalized spacial score (nSPS) is 12.7. The van der Waals surface area contributed by atoms with Crippen LogP contribution in [0.3, 0.4) is 0 Å². The second-order valence-electron chi connectivity index (χ2n) is 4.86. The monoisotopic (exact) mass is 333 g/mol. The molecule has 1 heterocycles. The number of hydrogen-bond donors (Lipinski definition) is 4. The molecule has 24 heavy (non-hydrogen) atoms. The number of anilines is 1. The summed E-state index contributed by atoms with van der Waals surface area (Å²) < 4.78 is 14.9. The van der Waals surface area contributed by atoms with Gasteiger partial charge in [-0.25, -0.2) is 9.18 Å². The summed E-state index contributed by atoms with van der Waals surface area (Å²) in [7, 11) is 0. The van der Waals surface area contributed by atoms with E-state index >= 15 is 0 Å². The number of aliphatic hydroxyl groups excluding tert-OH is 1. The highest BCUT2D eigenvalue weighted by molar-refractivity contribution is 5.82. The number of rotatable bonds is 5. The predicted molar refractivity (Wildman–Crippen MR) is 84.4 cm³/mol. The van der Waals surface area contributed by atoms with E-state index in [9.17, 15) is 19.5 Å². The molecule has 4 N–H and O–H groups in total. The van der Waals surface area contributed by atoms with Gasteiger partial charge in [-0.05, 0) is 29.8 Å². The molecule has 2 rings (SSSR count). The van der Waals surface area contributed by atoms with E-state index in [-0.39, 0.29) is 23.3 Å². The summed E-state index contributed by atoms with van der Waals surface area (Å²) in [5.41, 5.74) is 0.521. The van der Waals surface area contributed by atoms with Gasteiger partial charge in [-0.3, -0.25) is 10.3 Å². The first kappa shape index (κ1) is 17.2. The summed E-state index contributed by atoms with van der Waals surface area (Å²) in [5.74, 6) is -0.765. The van der Waals surface area contributed by atoms with E-state index in [0.29, 0.717) is 5.56 Å².